The van der Waals surface area contributed by atoms with Crippen LogP contribution in [-0.2, 0) is 11.3 Å². The van der Waals surface area contributed by atoms with Crippen molar-refractivity contribution in [3.8, 4) is 5.75 Å². The Hall–Kier alpha value is -2.69. The van der Waals surface area contributed by atoms with Crippen molar-refractivity contribution >= 4 is 11.8 Å². The lowest BCUT2D eigenvalue weighted by Gasteiger charge is -2.20. The van der Waals surface area contributed by atoms with E-state index in [0.717, 1.165) is 4.90 Å². The van der Waals surface area contributed by atoms with E-state index in [4.69, 9.17) is 4.74 Å². The number of halogens is 1. The molecule has 3 rings (SSSR count). The summed E-state index contributed by atoms with van der Waals surface area (Å²) in [5.74, 6) is -0.783. The third-order valence-corrected chi connectivity index (χ3v) is 3.53. The second kappa shape index (κ2) is 5.60. The maximum atomic E-state index is 13.0. The van der Waals surface area contributed by atoms with E-state index in [2.05, 4.69) is 0 Å². The summed E-state index contributed by atoms with van der Waals surface area (Å²) >= 11 is 0. The SMILES string of the molecule is CC1Oc2ccccc2C(=O)N(Cc2ccc(F)cc2)C1=O. The molecular weight excluding hydrogens is 285 g/mol. The van der Waals surface area contributed by atoms with Crippen molar-refractivity contribution in [2.45, 2.75) is 19.6 Å². The van der Waals surface area contributed by atoms with Crippen LogP contribution in [0.15, 0.2) is 48.5 Å². The molecule has 2 aromatic carbocycles. The highest BCUT2D eigenvalue weighted by molar-refractivity contribution is 6.08. The summed E-state index contributed by atoms with van der Waals surface area (Å²) < 4.78 is 18.5. The Bertz CT molecular complexity index is 727. The van der Waals surface area contributed by atoms with Gasteiger partial charge in [0.15, 0.2) is 6.10 Å². The number of para-hydroxylation sites is 1. The van der Waals surface area contributed by atoms with Crippen LogP contribution in [0.5, 0.6) is 5.75 Å². The normalized spacial score (nSPS) is 17.7. The fourth-order valence-electron chi connectivity index (χ4n) is 2.37. The Morgan fingerprint density at radius 1 is 1.09 bits per heavy atom. The van der Waals surface area contributed by atoms with E-state index in [9.17, 15) is 14.0 Å². The number of ether oxygens (including phenoxy) is 1. The first kappa shape index (κ1) is 14.3. The number of benzene rings is 2. The Labute approximate surface area is 127 Å². The first-order chi connectivity index (χ1) is 10.6. The molecule has 0 aliphatic carbocycles. The zero-order valence-corrected chi connectivity index (χ0v) is 12.0. The van der Waals surface area contributed by atoms with Gasteiger partial charge in [0.05, 0.1) is 12.1 Å². The molecule has 0 fully saturated rings. The lowest BCUT2D eigenvalue weighted by atomic mass is 10.1. The lowest BCUT2D eigenvalue weighted by Crippen LogP contribution is -2.41. The van der Waals surface area contributed by atoms with Gasteiger partial charge in [-0.25, -0.2) is 4.39 Å². The van der Waals surface area contributed by atoms with E-state index < -0.39 is 17.9 Å². The van der Waals surface area contributed by atoms with Gasteiger partial charge in [-0.1, -0.05) is 24.3 Å². The molecular formula is C17H14FNO3. The van der Waals surface area contributed by atoms with Gasteiger partial charge in [0, 0.05) is 0 Å². The van der Waals surface area contributed by atoms with Gasteiger partial charge in [-0.3, -0.25) is 14.5 Å². The van der Waals surface area contributed by atoms with Gasteiger partial charge in [-0.15, -0.1) is 0 Å². The Balaban J connectivity index is 1.96. The summed E-state index contributed by atoms with van der Waals surface area (Å²) in [6, 6.07) is 12.5. The number of carbonyl (C=O) groups excluding carboxylic acids is 2. The quantitative estimate of drug-likeness (QED) is 0.801. The highest BCUT2D eigenvalue weighted by atomic mass is 19.1. The van der Waals surface area contributed by atoms with E-state index >= 15 is 0 Å². The first-order valence-electron chi connectivity index (χ1n) is 6.92. The zero-order valence-electron chi connectivity index (χ0n) is 12.0. The molecule has 0 bridgehead atoms. The molecule has 1 aliphatic rings. The van der Waals surface area contributed by atoms with Crippen molar-refractivity contribution in [1.29, 1.82) is 0 Å². The third kappa shape index (κ3) is 2.57. The Morgan fingerprint density at radius 3 is 2.50 bits per heavy atom. The van der Waals surface area contributed by atoms with E-state index in [-0.39, 0.29) is 12.4 Å². The summed E-state index contributed by atoms with van der Waals surface area (Å²) in [5.41, 5.74) is 1.02. The summed E-state index contributed by atoms with van der Waals surface area (Å²) in [5, 5.41) is 0. The van der Waals surface area contributed by atoms with Crippen molar-refractivity contribution in [1.82, 2.24) is 4.90 Å². The Kier molecular flexibility index (Phi) is 3.63. The van der Waals surface area contributed by atoms with Crippen molar-refractivity contribution in [2.24, 2.45) is 0 Å². The van der Waals surface area contributed by atoms with Crippen LogP contribution < -0.4 is 4.74 Å². The molecule has 22 heavy (non-hydrogen) atoms. The predicted octanol–water partition coefficient (Wildman–Crippen LogP) is 2.78. The predicted molar refractivity (Wildman–Crippen MR) is 77.8 cm³/mol. The molecule has 2 aromatic rings. The minimum atomic E-state index is -0.756. The van der Waals surface area contributed by atoms with Gasteiger partial charge in [-0.2, -0.15) is 0 Å². The number of rotatable bonds is 2. The topological polar surface area (TPSA) is 46.6 Å². The Morgan fingerprint density at radius 2 is 1.77 bits per heavy atom. The molecule has 1 aliphatic heterocycles. The minimum Gasteiger partial charge on any atom is -0.480 e. The lowest BCUT2D eigenvalue weighted by molar-refractivity contribution is -0.135. The number of carbonyl (C=O) groups is 2. The minimum absolute atomic E-state index is 0.0833. The highest BCUT2D eigenvalue weighted by Crippen LogP contribution is 2.26. The molecule has 1 unspecified atom stereocenters. The highest BCUT2D eigenvalue weighted by Gasteiger charge is 2.33. The monoisotopic (exact) mass is 299 g/mol. The van der Waals surface area contributed by atoms with Gasteiger partial charge < -0.3 is 4.74 Å². The second-order valence-corrected chi connectivity index (χ2v) is 5.11. The van der Waals surface area contributed by atoms with E-state index in [1.807, 2.05) is 0 Å². The summed E-state index contributed by atoms with van der Waals surface area (Å²) in [6.07, 6.45) is -0.756. The van der Waals surface area contributed by atoms with Gasteiger partial charge in [-0.05, 0) is 36.8 Å². The fraction of sp³-hybridized carbons (Fsp3) is 0.176. The molecule has 112 valence electrons. The molecule has 0 aromatic heterocycles. The molecule has 0 spiro atoms. The van der Waals surface area contributed by atoms with Crippen LogP contribution in [0.4, 0.5) is 4.39 Å². The number of hydrogen-bond acceptors (Lipinski definition) is 3. The van der Waals surface area contributed by atoms with Crippen LogP contribution in [0.3, 0.4) is 0 Å². The third-order valence-electron chi connectivity index (χ3n) is 3.53. The van der Waals surface area contributed by atoms with Gasteiger partial charge in [0.25, 0.3) is 11.8 Å². The van der Waals surface area contributed by atoms with E-state index in [0.29, 0.717) is 16.9 Å². The van der Waals surface area contributed by atoms with E-state index in [1.54, 1.807) is 43.3 Å². The summed E-state index contributed by atoms with van der Waals surface area (Å²) in [7, 11) is 0. The standard InChI is InChI=1S/C17H14FNO3/c1-11-16(20)19(10-12-6-8-13(18)9-7-12)17(21)14-4-2-3-5-15(14)22-11/h2-9,11H,10H2,1H3. The summed E-state index contributed by atoms with van der Waals surface area (Å²) in [4.78, 5) is 26.2. The first-order valence-corrected chi connectivity index (χ1v) is 6.92. The molecule has 1 atom stereocenters. The van der Waals surface area contributed by atoms with Gasteiger partial charge >= 0.3 is 0 Å². The number of fused-ring (bicyclic) bond motifs is 1. The van der Waals surface area contributed by atoms with Crippen LogP contribution in [0, 0.1) is 5.82 Å². The molecule has 0 N–H and O–H groups in total. The van der Waals surface area contributed by atoms with Crippen LogP contribution in [0.2, 0.25) is 0 Å². The average molecular weight is 299 g/mol. The van der Waals surface area contributed by atoms with Crippen molar-refractivity contribution in [3.63, 3.8) is 0 Å². The average Bonchev–Trinajstić information content (AvgIpc) is 2.61. The van der Waals surface area contributed by atoms with Crippen molar-refractivity contribution in [3.05, 3.63) is 65.5 Å². The maximum Gasteiger partial charge on any atom is 0.270 e. The van der Waals surface area contributed by atoms with Crippen LogP contribution in [0.25, 0.3) is 0 Å². The molecule has 0 saturated heterocycles. The number of nitrogens with zero attached hydrogens (tertiary/aromatic N) is 1. The molecule has 5 heteroatoms. The van der Waals surface area contributed by atoms with Crippen molar-refractivity contribution < 1.29 is 18.7 Å². The zero-order chi connectivity index (χ0) is 15.7. The smallest absolute Gasteiger partial charge is 0.270 e. The maximum absolute atomic E-state index is 13.0. The molecule has 0 radical (unpaired) electrons. The molecule has 2 amide bonds. The van der Waals surface area contributed by atoms with Crippen LogP contribution in [-0.4, -0.2) is 22.8 Å². The number of imide groups is 1. The number of amides is 2. The van der Waals surface area contributed by atoms with E-state index in [1.165, 1.54) is 12.1 Å². The molecule has 4 nitrogen and oxygen atoms in total. The van der Waals surface area contributed by atoms with Gasteiger partial charge in [0.1, 0.15) is 11.6 Å². The fourth-order valence-corrected chi connectivity index (χ4v) is 2.37. The van der Waals surface area contributed by atoms with Gasteiger partial charge in [0.2, 0.25) is 0 Å². The second-order valence-electron chi connectivity index (χ2n) is 5.11. The molecule has 1 heterocycles. The summed E-state index contributed by atoms with van der Waals surface area (Å²) in [6.45, 7) is 1.69. The van der Waals surface area contributed by atoms with Crippen molar-refractivity contribution in [2.75, 3.05) is 0 Å². The van der Waals surface area contributed by atoms with Crippen LogP contribution in [0.1, 0.15) is 22.8 Å². The largest absolute Gasteiger partial charge is 0.480 e. The van der Waals surface area contributed by atoms with Crippen LogP contribution >= 0.6 is 0 Å². The number of hydrogen-bond donors (Lipinski definition) is 0. The molecule has 0 saturated carbocycles.